The molecule has 0 bridgehead atoms. The van der Waals surface area contributed by atoms with Crippen molar-refractivity contribution in [2.75, 3.05) is 0 Å². The Balaban J connectivity index is 1.35. The third-order valence-corrected chi connectivity index (χ3v) is 6.71. The highest BCUT2D eigenvalue weighted by molar-refractivity contribution is 5.83. The quantitative estimate of drug-likeness (QED) is 0.260. The summed E-state index contributed by atoms with van der Waals surface area (Å²) in [4.78, 5) is 23.5. The van der Waals surface area contributed by atoms with Gasteiger partial charge in [-0.25, -0.2) is 0 Å². The smallest absolute Gasteiger partial charge is 0.306 e. The van der Waals surface area contributed by atoms with Crippen molar-refractivity contribution in [2.45, 2.75) is 70.3 Å². The maximum atomic E-state index is 11.9. The summed E-state index contributed by atoms with van der Waals surface area (Å²) in [5.74, 6) is -0.371. The van der Waals surface area contributed by atoms with Crippen LogP contribution in [0.4, 0.5) is 0 Å². The van der Waals surface area contributed by atoms with Crippen molar-refractivity contribution in [1.82, 2.24) is 0 Å². The number of hydrogen-bond donors (Lipinski definition) is 1. The fraction of sp³-hybridized carbons (Fsp3) is 0.444. The van der Waals surface area contributed by atoms with Gasteiger partial charge in [0.25, 0.3) is 0 Å². The number of unbranched alkanes of at least 4 members (excludes halogenated alkanes) is 2. The minimum atomic E-state index is -0.851. The van der Waals surface area contributed by atoms with Crippen molar-refractivity contribution in [3.8, 4) is 0 Å². The molecular weight excluding hydrogens is 402 g/mol. The van der Waals surface area contributed by atoms with E-state index in [1.165, 1.54) is 17.5 Å². The van der Waals surface area contributed by atoms with E-state index in [0.29, 0.717) is 6.42 Å². The molecule has 0 spiro atoms. The Bertz CT molecular complexity index is 1060. The summed E-state index contributed by atoms with van der Waals surface area (Å²) in [6, 6.07) is 15.5. The van der Waals surface area contributed by atoms with Gasteiger partial charge in [-0.1, -0.05) is 60.5 Å². The number of carbonyl (C=O) groups is 1. The monoisotopic (exact) mass is 433 g/mol. The van der Waals surface area contributed by atoms with Gasteiger partial charge in [-0.3, -0.25) is 4.79 Å². The number of fused-ring (bicyclic) bond motifs is 3. The normalized spacial score (nSPS) is 15.2. The van der Waals surface area contributed by atoms with E-state index < -0.39 is 17.9 Å². The molecule has 32 heavy (non-hydrogen) atoms. The highest BCUT2D eigenvalue weighted by Crippen LogP contribution is 2.35. The van der Waals surface area contributed by atoms with Gasteiger partial charge in [0.15, 0.2) is 0 Å². The number of aliphatic carboxylic acids is 1. The molecule has 1 aliphatic rings. The highest BCUT2D eigenvalue weighted by atomic mass is 16.4. The number of nitroso groups, excluding NO2 is 1. The van der Waals surface area contributed by atoms with Gasteiger partial charge in [0, 0.05) is 17.4 Å². The van der Waals surface area contributed by atoms with Crippen LogP contribution in [0.1, 0.15) is 73.4 Å². The number of rotatable bonds is 11. The summed E-state index contributed by atoms with van der Waals surface area (Å²) >= 11 is 0. The second-order valence-corrected chi connectivity index (χ2v) is 8.94. The third-order valence-electron chi connectivity index (χ3n) is 6.71. The first-order valence-electron chi connectivity index (χ1n) is 11.8. The van der Waals surface area contributed by atoms with E-state index in [9.17, 15) is 14.8 Å². The van der Waals surface area contributed by atoms with Crippen LogP contribution >= 0.6 is 0 Å². The molecule has 2 aromatic carbocycles. The number of hydrogen-bond acceptors (Lipinski definition) is 4. The number of benzene rings is 2. The lowest BCUT2D eigenvalue weighted by Gasteiger charge is -2.16. The molecule has 1 aromatic heterocycles. The van der Waals surface area contributed by atoms with Crippen LogP contribution in [0, 0.1) is 10.8 Å². The zero-order chi connectivity index (χ0) is 22.3. The molecule has 4 rings (SSSR count). The molecule has 168 valence electrons. The van der Waals surface area contributed by atoms with Crippen molar-refractivity contribution in [3.63, 3.8) is 0 Å². The fourth-order valence-electron chi connectivity index (χ4n) is 4.88. The summed E-state index contributed by atoms with van der Waals surface area (Å²) in [5, 5.41) is 14.1. The lowest BCUT2D eigenvalue weighted by molar-refractivity contribution is -0.142. The van der Waals surface area contributed by atoms with Gasteiger partial charge in [0.1, 0.15) is 17.4 Å². The van der Waals surface area contributed by atoms with Crippen LogP contribution in [0.25, 0.3) is 11.0 Å². The summed E-state index contributed by atoms with van der Waals surface area (Å²) in [6.45, 7) is 0. The first-order chi connectivity index (χ1) is 15.7. The summed E-state index contributed by atoms with van der Waals surface area (Å²) in [6.07, 6.45) is 8.94. The predicted octanol–water partition coefficient (Wildman–Crippen LogP) is 7.01. The average Bonchev–Trinajstić information content (AvgIpc) is 3.19. The first kappa shape index (κ1) is 22.3. The largest absolute Gasteiger partial charge is 0.481 e. The zero-order valence-corrected chi connectivity index (χ0v) is 18.5. The van der Waals surface area contributed by atoms with Crippen LogP contribution in [0.5, 0.6) is 0 Å². The van der Waals surface area contributed by atoms with Crippen molar-refractivity contribution in [2.24, 2.45) is 11.1 Å². The van der Waals surface area contributed by atoms with Crippen LogP contribution in [0.3, 0.4) is 0 Å². The van der Waals surface area contributed by atoms with Gasteiger partial charge in [0.2, 0.25) is 0 Å². The molecular formula is C27H31NO4. The Kier molecular flexibility index (Phi) is 7.35. The number of carboxylic acids is 1. The van der Waals surface area contributed by atoms with Gasteiger partial charge in [-0.15, -0.1) is 0 Å². The minimum absolute atomic E-state index is 0.226. The van der Waals surface area contributed by atoms with Gasteiger partial charge in [-0.2, -0.15) is 4.91 Å². The van der Waals surface area contributed by atoms with Crippen molar-refractivity contribution >= 4 is 16.9 Å². The van der Waals surface area contributed by atoms with Gasteiger partial charge < -0.3 is 9.52 Å². The molecule has 5 nitrogen and oxygen atoms in total. The number of nitrogens with zero attached hydrogens (tertiary/aromatic N) is 1. The number of furan rings is 1. The average molecular weight is 434 g/mol. The molecule has 1 aliphatic carbocycles. The van der Waals surface area contributed by atoms with Crippen LogP contribution in [0.2, 0.25) is 0 Å². The Morgan fingerprint density at radius 2 is 1.84 bits per heavy atom. The lowest BCUT2D eigenvalue weighted by Crippen LogP contribution is -2.16. The second-order valence-electron chi connectivity index (χ2n) is 8.94. The third kappa shape index (κ3) is 5.26. The van der Waals surface area contributed by atoms with E-state index in [1.54, 1.807) is 0 Å². The molecule has 0 saturated heterocycles. The molecule has 0 aliphatic heterocycles. The molecule has 2 unspecified atom stereocenters. The van der Waals surface area contributed by atoms with E-state index in [4.69, 9.17) is 4.42 Å². The maximum Gasteiger partial charge on any atom is 0.306 e. The van der Waals surface area contributed by atoms with Gasteiger partial charge in [0.05, 0.1) is 5.92 Å². The fourth-order valence-corrected chi connectivity index (χ4v) is 4.88. The van der Waals surface area contributed by atoms with Crippen molar-refractivity contribution < 1.29 is 14.3 Å². The van der Waals surface area contributed by atoms with Crippen LogP contribution < -0.4 is 0 Å². The van der Waals surface area contributed by atoms with Crippen LogP contribution in [-0.2, 0) is 24.1 Å². The molecule has 1 N–H and O–H groups in total. The zero-order valence-electron chi connectivity index (χ0n) is 18.5. The summed E-state index contributed by atoms with van der Waals surface area (Å²) < 4.78 is 6.05. The molecule has 2 atom stereocenters. The molecule has 0 fully saturated rings. The van der Waals surface area contributed by atoms with Gasteiger partial charge >= 0.3 is 5.97 Å². The van der Waals surface area contributed by atoms with Crippen molar-refractivity contribution in [3.05, 3.63) is 75.9 Å². The lowest BCUT2D eigenvalue weighted by atomic mass is 9.90. The summed E-state index contributed by atoms with van der Waals surface area (Å²) in [5.41, 5.74) is 4.12. The predicted molar refractivity (Wildman–Crippen MR) is 126 cm³/mol. The van der Waals surface area contributed by atoms with Crippen LogP contribution in [0.15, 0.2) is 58.1 Å². The Labute approximate surface area is 188 Å². The Hall–Kier alpha value is -2.95. The molecule has 0 amide bonds. The number of carboxylic acid groups (broad SMARTS) is 1. The second kappa shape index (κ2) is 10.6. The Morgan fingerprint density at radius 3 is 2.62 bits per heavy atom. The van der Waals surface area contributed by atoms with Crippen molar-refractivity contribution in [1.29, 1.82) is 0 Å². The van der Waals surface area contributed by atoms with E-state index >= 15 is 0 Å². The van der Waals surface area contributed by atoms with Crippen LogP contribution in [-0.4, -0.2) is 11.1 Å². The molecule has 3 aromatic rings. The standard InChI is InChI=1S/C27H31NO4/c29-27(30)21(12-6-2-5-11-19-9-3-1-4-10-19)17-24(28-31)20-15-16-23-22-13-7-8-14-25(22)32-26(23)18-20/h1,3-4,9-10,15-16,18,21,24H,2,5-8,11-14,17H2,(H,29,30). The molecule has 1 heterocycles. The van der Waals surface area contributed by atoms with Gasteiger partial charge in [-0.05, 0) is 62.1 Å². The summed E-state index contributed by atoms with van der Waals surface area (Å²) in [7, 11) is 0. The maximum absolute atomic E-state index is 11.9. The van der Waals surface area contributed by atoms with E-state index in [-0.39, 0.29) is 6.42 Å². The van der Waals surface area contributed by atoms with E-state index in [2.05, 4.69) is 17.3 Å². The first-order valence-corrected chi connectivity index (χ1v) is 11.8. The molecule has 0 saturated carbocycles. The topological polar surface area (TPSA) is 79.9 Å². The highest BCUT2D eigenvalue weighted by Gasteiger charge is 2.25. The number of aryl methyl sites for hydroxylation is 3. The molecule has 5 heteroatoms. The Morgan fingerprint density at radius 1 is 1.03 bits per heavy atom. The van der Waals surface area contributed by atoms with E-state index in [1.807, 2.05) is 36.4 Å². The molecule has 0 radical (unpaired) electrons. The minimum Gasteiger partial charge on any atom is -0.481 e. The SMILES string of the molecule is O=NC(CC(CCCCCc1ccccc1)C(=O)O)c1ccc2c3c(oc2c1)CCCC3. The van der Waals surface area contributed by atoms with E-state index in [0.717, 1.165) is 67.2 Å².